The molecule has 1 nitrogen and oxygen atoms in total. The van der Waals surface area contributed by atoms with Crippen molar-refractivity contribution >= 4 is 39.1 Å². The molecule has 1 unspecified atom stereocenters. The Hall–Kier alpha value is -0.770. The van der Waals surface area contributed by atoms with Gasteiger partial charge >= 0.3 is 0 Å². The SMILES string of the molecule is COc1ccc(C(Cl)c2cc(Cl)ccc2F)cc1Br. The van der Waals surface area contributed by atoms with Crippen LogP contribution < -0.4 is 4.74 Å². The fourth-order valence-corrected chi connectivity index (χ4v) is 2.77. The van der Waals surface area contributed by atoms with Crippen molar-refractivity contribution in [1.82, 2.24) is 0 Å². The van der Waals surface area contributed by atoms with Crippen molar-refractivity contribution in [3.05, 3.63) is 62.8 Å². The van der Waals surface area contributed by atoms with E-state index < -0.39 is 5.38 Å². The van der Waals surface area contributed by atoms with E-state index in [0.29, 0.717) is 16.3 Å². The standard InChI is InChI=1S/C14H10BrCl2FO/c1-19-13-5-2-8(6-11(13)15)14(17)10-7-9(16)3-4-12(10)18/h2-7,14H,1H3. The lowest BCUT2D eigenvalue weighted by Gasteiger charge is -2.13. The summed E-state index contributed by atoms with van der Waals surface area (Å²) >= 11 is 15.6. The number of rotatable bonds is 3. The zero-order valence-electron chi connectivity index (χ0n) is 9.96. The van der Waals surface area contributed by atoms with Crippen LogP contribution in [0.5, 0.6) is 5.75 Å². The van der Waals surface area contributed by atoms with Gasteiger partial charge in [-0.05, 0) is 51.8 Å². The van der Waals surface area contributed by atoms with Crippen LogP contribution in [0.15, 0.2) is 40.9 Å². The molecule has 2 rings (SSSR count). The molecule has 0 fully saturated rings. The molecule has 100 valence electrons. The van der Waals surface area contributed by atoms with Gasteiger partial charge in [-0.2, -0.15) is 0 Å². The Kier molecular flexibility index (Phi) is 4.71. The van der Waals surface area contributed by atoms with Crippen LogP contribution in [0.4, 0.5) is 4.39 Å². The van der Waals surface area contributed by atoms with E-state index in [-0.39, 0.29) is 5.82 Å². The lowest BCUT2D eigenvalue weighted by Crippen LogP contribution is -1.98. The maximum absolute atomic E-state index is 13.8. The van der Waals surface area contributed by atoms with E-state index in [1.165, 1.54) is 18.2 Å². The lowest BCUT2D eigenvalue weighted by molar-refractivity contribution is 0.412. The number of hydrogen-bond donors (Lipinski definition) is 0. The van der Waals surface area contributed by atoms with Gasteiger partial charge in [-0.15, -0.1) is 11.6 Å². The quantitative estimate of drug-likeness (QED) is 0.647. The molecule has 0 radical (unpaired) electrons. The first kappa shape index (κ1) is 14.6. The fraction of sp³-hybridized carbons (Fsp3) is 0.143. The molecule has 0 saturated carbocycles. The molecule has 0 amide bonds. The van der Waals surface area contributed by atoms with Crippen LogP contribution in [0.3, 0.4) is 0 Å². The first-order valence-corrected chi connectivity index (χ1v) is 7.06. The van der Waals surface area contributed by atoms with Crippen LogP contribution in [0.2, 0.25) is 5.02 Å². The second-order valence-electron chi connectivity index (χ2n) is 3.92. The first-order chi connectivity index (χ1) is 9.02. The van der Waals surface area contributed by atoms with Crippen LogP contribution in [0.1, 0.15) is 16.5 Å². The summed E-state index contributed by atoms with van der Waals surface area (Å²) in [5.41, 5.74) is 1.11. The van der Waals surface area contributed by atoms with Crippen molar-refractivity contribution < 1.29 is 9.13 Å². The van der Waals surface area contributed by atoms with Gasteiger partial charge in [-0.25, -0.2) is 4.39 Å². The number of alkyl halides is 1. The molecule has 2 aromatic rings. The Balaban J connectivity index is 2.41. The number of halogens is 4. The van der Waals surface area contributed by atoms with Crippen LogP contribution in [-0.2, 0) is 0 Å². The average molecular weight is 364 g/mol. The van der Waals surface area contributed by atoms with E-state index in [2.05, 4.69) is 15.9 Å². The lowest BCUT2D eigenvalue weighted by atomic mass is 10.0. The summed E-state index contributed by atoms with van der Waals surface area (Å²) in [6.07, 6.45) is 0. The summed E-state index contributed by atoms with van der Waals surface area (Å²) in [4.78, 5) is 0. The van der Waals surface area contributed by atoms with Gasteiger partial charge in [-0.3, -0.25) is 0 Å². The maximum Gasteiger partial charge on any atom is 0.133 e. The topological polar surface area (TPSA) is 9.23 Å². The van der Waals surface area contributed by atoms with Gasteiger partial charge in [0, 0.05) is 10.6 Å². The van der Waals surface area contributed by atoms with Gasteiger partial charge in [0.15, 0.2) is 0 Å². The average Bonchev–Trinajstić information content (AvgIpc) is 2.40. The highest BCUT2D eigenvalue weighted by atomic mass is 79.9. The summed E-state index contributed by atoms with van der Waals surface area (Å²) in [7, 11) is 1.58. The maximum atomic E-state index is 13.8. The van der Waals surface area contributed by atoms with E-state index in [1.807, 2.05) is 0 Å². The highest BCUT2D eigenvalue weighted by Gasteiger charge is 2.17. The molecular weight excluding hydrogens is 354 g/mol. The van der Waals surface area contributed by atoms with Crippen LogP contribution in [0, 0.1) is 5.82 Å². The molecule has 0 bridgehead atoms. The monoisotopic (exact) mass is 362 g/mol. The molecule has 0 aliphatic carbocycles. The zero-order valence-corrected chi connectivity index (χ0v) is 13.1. The van der Waals surface area contributed by atoms with E-state index in [1.54, 1.807) is 25.3 Å². The zero-order chi connectivity index (χ0) is 14.0. The van der Waals surface area contributed by atoms with E-state index >= 15 is 0 Å². The molecule has 0 spiro atoms. The largest absolute Gasteiger partial charge is 0.496 e. The Morgan fingerprint density at radius 1 is 1.21 bits per heavy atom. The highest BCUT2D eigenvalue weighted by molar-refractivity contribution is 9.10. The van der Waals surface area contributed by atoms with Crippen molar-refractivity contribution in [3.63, 3.8) is 0 Å². The second-order valence-corrected chi connectivity index (χ2v) is 5.65. The van der Waals surface area contributed by atoms with Gasteiger partial charge in [0.25, 0.3) is 0 Å². The number of hydrogen-bond acceptors (Lipinski definition) is 1. The summed E-state index contributed by atoms with van der Waals surface area (Å²) in [5.74, 6) is 0.315. The minimum Gasteiger partial charge on any atom is -0.496 e. The van der Waals surface area contributed by atoms with Crippen molar-refractivity contribution in [2.45, 2.75) is 5.38 Å². The Bertz CT molecular complexity index is 604. The third-order valence-corrected chi connectivity index (χ3v) is 4.04. The van der Waals surface area contributed by atoms with Crippen LogP contribution in [-0.4, -0.2) is 7.11 Å². The van der Waals surface area contributed by atoms with Crippen molar-refractivity contribution in [2.75, 3.05) is 7.11 Å². The van der Waals surface area contributed by atoms with Crippen LogP contribution in [0.25, 0.3) is 0 Å². The van der Waals surface area contributed by atoms with Gasteiger partial charge in [-0.1, -0.05) is 17.7 Å². The molecule has 2 aromatic carbocycles. The molecule has 0 aromatic heterocycles. The van der Waals surface area contributed by atoms with Crippen molar-refractivity contribution in [1.29, 1.82) is 0 Å². The van der Waals surface area contributed by atoms with Crippen LogP contribution >= 0.6 is 39.1 Å². The minimum absolute atomic E-state index is 0.353. The van der Waals surface area contributed by atoms with Gasteiger partial charge < -0.3 is 4.74 Å². The Morgan fingerprint density at radius 2 is 1.95 bits per heavy atom. The molecule has 0 aliphatic rings. The number of ether oxygens (including phenoxy) is 1. The molecular formula is C14H10BrCl2FO. The first-order valence-electron chi connectivity index (χ1n) is 5.45. The highest BCUT2D eigenvalue weighted by Crippen LogP contribution is 2.35. The van der Waals surface area contributed by atoms with E-state index in [9.17, 15) is 4.39 Å². The number of benzene rings is 2. The molecule has 5 heteroatoms. The summed E-state index contributed by atoms with van der Waals surface area (Å²) < 4.78 is 19.7. The Morgan fingerprint density at radius 3 is 2.58 bits per heavy atom. The minimum atomic E-state index is -0.610. The molecule has 0 saturated heterocycles. The van der Waals surface area contributed by atoms with E-state index in [0.717, 1.165) is 10.0 Å². The summed E-state index contributed by atoms with van der Waals surface area (Å²) in [5, 5.41) is -0.157. The fourth-order valence-electron chi connectivity index (χ4n) is 1.73. The second kappa shape index (κ2) is 6.12. The predicted molar refractivity (Wildman–Crippen MR) is 79.8 cm³/mol. The predicted octanol–water partition coefficient (Wildman–Crippen LogP) is 5.58. The number of methoxy groups -OCH3 is 1. The smallest absolute Gasteiger partial charge is 0.133 e. The third kappa shape index (κ3) is 3.22. The summed E-state index contributed by atoms with van der Waals surface area (Å²) in [6, 6.07) is 9.71. The van der Waals surface area contributed by atoms with Crippen molar-refractivity contribution in [2.24, 2.45) is 0 Å². The molecule has 1 atom stereocenters. The molecule has 0 N–H and O–H groups in total. The van der Waals surface area contributed by atoms with Gasteiger partial charge in [0.1, 0.15) is 11.6 Å². The molecule has 19 heavy (non-hydrogen) atoms. The third-order valence-electron chi connectivity index (χ3n) is 2.70. The molecule has 0 aliphatic heterocycles. The van der Waals surface area contributed by atoms with Gasteiger partial charge in [0.2, 0.25) is 0 Å². The molecule has 0 heterocycles. The Labute approximate surface area is 129 Å². The van der Waals surface area contributed by atoms with Crippen molar-refractivity contribution in [3.8, 4) is 5.75 Å². The van der Waals surface area contributed by atoms with Gasteiger partial charge in [0.05, 0.1) is 17.0 Å². The van der Waals surface area contributed by atoms with E-state index in [4.69, 9.17) is 27.9 Å². The normalized spacial score (nSPS) is 12.3. The summed E-state index contributed by atoms with van der Waals surface area (Å²) in [6.45, 7) is 0.